The number of carbonyl (C=O) groups excluding carboxylic acids is 2. The number of thioether (sulfide) groups is 1. The molecule has 1 heterocycles. The normalized spacial score (nSPS) is 29.7. The Morgan fingerprint density at radius 1 is 1.43 bits per heavy atom. The SMILES string of the molecule is CSC1CCCC(NC(=O)N2CC(=O)NCC2C(=O)O)C1. The van der Waals surface area contributed by atoms with E-state index in [0.29, 0.717) is 5.25 Å². The third kappa shape index (κ3) is 4.03. The van der Waals surface area contributed by atoms with Crippen LogP contribution in [0.3, 0.4) is 0 Å². The molecule has 7 nitrogen and oxygen atoms in total. The number of urea groups is 1. The van der Waals surface area contributed by atoms with E-state index in [1.807, 2.05) is 0 Å². The van der Waals surface area contributed by atoms with Gasteiger partial charge in [-0.1, -0.05) is 6.42 Å². The largest absolute Gasteiger partial charge is 0.480 e. The zero-order valence-corrected chi connectivity index (χ0v) is 12.8. The van der Waals surface area contributed by atoms with Crippen molar-refractivity contribution in [2.24, 2.45) is 0 Å². The summed E-state index contributed by atoms with van der Waals surface area (Å²) in [5.41, 5.74) is 0. The second-order valence-electron chi connectivity index (χ2n) is 5.46. The quantitative estimate of drug-likeness (QED) is 0.694. The number of amides is 3. The van der Waals surface area contributed by atoms with Crippen LogP contribution in [-0.4, -0.2) is 64.6 Å². The highest BCUT2D eigenvalue weighted by Crippen LogP contribution is 2.27. The smallest absolute Gasteiger partial charge is 0.328 e. The van der Waals surface area contributed by atoms with Crippen LogP contribution in [0.15, 0.2) is 0 Å². The molecule has 3 unspecified atom stereocenters. The number of piperazine rings is 1. The van der Waals surface area contributed by atoms with Gasteiger partial charge in [-0.2, -0.15) is 11.8 Å². The number of nitrogens with one attached hydrogen (secondary N) is 2. The van der Waals surface area contributed by atoms with Crippen molar-refractivity contribution in [3.63, 3.8) is 0 Å². The monoisotopic (exact) mass is 315 g/mol. The first-order chi connectivity index (χ1) is 10.0. The molecule has 1 saturated heterocycles. The van der Waals surface area contributed by atoms with Gasteiger partial charge in [0.15, 0.2) is 0 Å². The van der Waals surface area contributed by atoms with Crippen molar-refractivity contribution in [1.29, 1.82) is 0 Å². The van der Waals surface area contributed by atoms with Gasteiger partial charge in [-0.15, -0.1) is 0 Å². The first-order valence-electron chi connectivity index (χ1n) is 7.10. The standard InChI is InChI=1S/C13H21N3O4S/c1-21-9-4-2-3-8(5-9)15-13(20)16-7-11(17)14-6-10(16)12(18)19/h8-10H,2-7H2,1H3,(H,14,17)(H,15,20)(H,18,19). The Labute approximate surface area is 127 Å². The van der Waals surface area contributed by atoms with Crippen LogP contribution in [-0.2, 0) is 9.59 Å². The summed E-state index contributed by atoms with van der Waals surface area (Å²) in [7, 11) is 0. The van der Waals surface area contributed by atoms with Gasteiger partial charge >= 0.3 is 12.0 Å². The van der Waals surface area contributed by atoms with Crippen LogP contribution in [0.1, 0.15) is 25.7 Å². The molecule has 3 amide bonds. The molecule has 0 radical (unpaired) electrons. The summed E-state index contributed by atoms with van der Waals surface area (Å²) >= 11 is 1.79. The highest BCUT2D eigenvalue weighted by Gasteiger charge is 2.36. The van der Waals surface area contributed by atoms with Crippen LogP contribution >= 0.6 is 11.8 Å². The lowest BCUT2D eigenvalue weighted by Crippen LogP contribution is -2.62. The minimum atomic E-state index is -1.10. The number of hydrogen-bond donors (Lipinski definition) is 3. The molecular weight excluding hydrogens is 294 g/mol. The molecule has 0 aromatic rings. The summed E-state index contributed by atoms with van der Waals surface area (Å²) in [6, 6.07) is -1.39. The lowest BCUT2D eigenvalue weighted by atomic mass is 9.95. The van der Waals surface area contributed by atoms with Crippen molar-refractivity contribution in [3.8, 4) is 0 Å². The van der Waals surface area contributed by atoms with Gasteiger partial charge in [0.2, 0.25) is 5.91 Å². The molecule has 2 rings (SSSR count). The molecule has 0 spiro atoms. The maximum absolute atomic E-state index is 12.3. The van der Waals surface area contributed by atoms with Crippen LogP contribution in [0.2, 0.25) is 0 Å². The summed E-state index contributed by atoms with van der Waals surface area (Å²) in [5, 5.41) is 15.0. The number of hydrogen-bond acceptors (Lipinski definition) is 4. The minimum Gasteiger partial charge on any atom is -0.480 e. The van der Waals surface area contributed by atoms with Gasteiger partial charge in [-0.3, -0.25) is 9.69 Å². The highest BCUT2D eigenvalue weighted by atomic mass is 32.2. The van der Waals surface area contributed by atoms with Crippen LogP contribution in [0.25, 0.3) is 0 Å². The fourth-order valence-corrected chi connectivity index (χ4v) is 3.65. The van der Waals surface area contributed by atoms with Gasteiger partial charge in [-0.05, 0) is 25.5 Å². The van der Waals surface area contributed by atoms with Crippen LogP contribution < -0.4 is 10.6 Å². The second-order valence-corrected chi connectivity index (χ2v) is 6.59. The van der Waals surface area contributed by atoms with Crippen molar-refractivity contribution in [2.45, 2.75) is 43.0 Å². The predicted octanol–water partition coefficient (Wildman–Crippen LogP) is 0.255. The maximum atomic E-state index is 12.3. The molecule has 2 aliphatic rings. The Bertz CT molecular complexity index is 432. The van der Waals surface area contributed by atoms with E-state index in [1.54, 1.807) is 11.8 Å². The van der Waals surface area contributed by atoms with E-state index in [9.17, 15) is 14.4 Å². The molecule has 1 aliphatic heterocycles. The molecule has 0 bridgehead atoms. The van der Waals surface area contributed by atoms with E-state index in [0.717, 1.165) is 30.6 Å². The lowest BCUT2D eigenvalue weighted by molar-refractivity contribution is -0.144. The molecule has 21 heavy (non-hydrogen) atoms. The summed E-state index contributed by atoms with van der Waals surface area (Å²) in [4.78, 5) is 36.0. The third-order valence-electron chi connectivity index (χ3n) is 4.02. The molecule has 1 saturated carbocycles. The molecule has 8 heteroatoms. The number of aliphatic carboxylic acids is 1. The van der Waals surface area contributed by atoms with E-state index in [1.165, 1.54) is 0 Å². The van der Waals surface area contributed by atoms with Crippen LogP contribution in [0.5, 0.6) is 0 Å². The van der Waals surface area contributed by atoms with Crippen molar-refractivity contribution in [1.82, 2.24) is 15.5 Å². The van der Waals surface area contributed by atoms with Gasteiger partial charge in [0, 0.05) is 17.8 Å². The highest BCUT2D eigenvalue weighted by molar-refractivity contribution is 7.99. The Morgan fingerprint density at radius 3 is 2.86 bits per heavy atom. The number of carbonyl (C=O) groups is 3. The molecular formula is C13H21N3O4S. The van der Waals surface area contributed by atoms with Crippen molar-refractivity contribution >= 4 is 29.7 Å². The lowest BCUT2D eigenvalue weighted by Gasteiger charge is -2.35. The van der Waals surface area contributed by atoms with Gasteiger partial charge in [0.1, 0.15) is 12.6 Å². The minimum absolute atomic E-state index is 0.0420. The van der Waals surface area contributed by atoms with E-state index < -0.39 is 18.0 Å². The van der Waals surface area contributed by atoms with Gasteiger partial charge in [-0.25, -0.2) is 9.59 Å². The maximum Gasteiger partial charge on any atom is 0.328 e. The predicted molar refractivity (Wildman–Crippen MR) is 79.2 cm³/mol. The van der Waals surface area contributed by atoms with Crippen molar-refractivity contribution in [2.75, 3.05) is 19.3 Å². The fraction of sp³-hybridized carbons (Fsp3) is 0.769. The van der Waals surface area contributed by atoms with Crippen LogP contribution in [0, 0.1) is 0 Å². The van der Waals surface area contributed by atoms with Gasteiger partial charge in [0.25, 0.3) is 0 Å². The van der Waals surface area contributed by atoms with Gasteiger partial charge < -0.3 is 15.7 Å². The zero-order chi connectivity index (χ0) is 15.4. The Kier molecular flexibility index (Phi) is 5.33. The molecule has 3 N–H and O–H groups in total. The summed E-state index contributed by atoms with van der Waals surface area (Å²) in [6.45, 7) is -0.249. The van der Waals surface area contributed by atoms with Gasteiger partial charge in [0.05, 0.1) is 0 Å². The molecule has 0 aromatic carbocycles. The third-order valence-corrected chi connectivity index (χ3v) is 5.11. The Hall–Kier alpha value is -1.44. The average molecular weight is 315 g/mol. The first-order valence-corrected chi connectivity index (χ1v) is 8.39. The first kappa shape index (κ1) is 15.9. The molecule has 118 valence electrons. The van der Waals surface area contributed by atoms with Crippen molar-refractivity contribution < 1.29 is 19.5 Å². The number of carboxylic acids is 1. The van der Waals surface area contributed by atoms with E-state index in [-0.39, 0.29) is 25.0 Å². The zero-order valence-electron chi connectivity index (χ0n) is 12.0. The number of rotatable bonds is 3. The van der Waals surface area contributed by atoms with E-state index >= 15 is 0 Å². The second kappa shape index (κ2) is 7.02. The van der Waals surface area contributed by atoms with Crippen LogP contribution in [0.4, 0.5) is 4.79 Å². The van der Waals surface area contributed by atoms with E-state index in [2.05, 4.69) is 16.9 Å². The fourth-order valence-electron chi connectivity index (χ4n) is 2.82. The molecule has 2 fully saturated rings. The Balaban J connectivity index is 1.96. The summed E-state index contributed by atoms with van der Waals surface area (Å²) in [6.07, 6.45) is 6.06. The number of carboxylic acid groups (broad SMARTS) is 1. The molecule has 3 atom stereocenters. The average Bonchev–Trinajstić information content (AvgIpc) is 2.47. The molecule has 1 aliphatic carbocycles. The summed E-state index contributed by atoms with van der Waals surface area (Å²) in [5.74, 6) is -1.43. The summed E-state index contributed by atoms with van der Waals surface area (Å²) < 4.78 is 0. The Morgan fingerprint density at radius 2 is 2.19 bits per heavy atom. The van der Waals surface area contributed by atoms with Crippen molar-refractivity contribution in [3.05, 3.63) is 0 Å². The van der Waals surface area contributed by atoms with E-state index in [4.69, 9.17) is 5.11 Å². The topological polar surface area (TPSA) is 98.7 Å². The molecule has 0 aromatic heterocycles. The number of nitrogens with zero attached hydrogens (tertiary/aromatic N) is 1.